The van der Waals surface area contributed by atoms with E-state index in [9.17, 15) is 4.79 Å². The van der Waals surface area contributed by atoms with Crippen LogP contribution < -0.4 is 4.74 Å². The Hall–Kier alpha value is -2.77. The molecule has 3 aromatic heterocycles. The van der Waals surface area contributed by atoms with E-state index in [0.29, 0.717) is 22.1 Å². The summed E-state index contributed by atoms with van der Waals surface area (Å²) in [6, 6.07) is 11.2. The SMILES string of the molecule is CC(=O)Oc1cnc(-c2ccc(-c3nc4ncc(Br)cc4[nH]3)cc2)c(Cl)c1. The highest BCUT2D eigenvalue weighted by Gasteiger charge is 2.11. The van der Waals surface area contributed by atoms with Crippen molar-refractivity contribution >= 4 is 44.7 Å². The third-order valence-corrected chi connectivity index (χ3v) is 4.54. The van der Waals surface area contributed by atoms with Crippen LogP contribution in [0.15, 0.2) is 53.3 Å². The first-order valence-corrected chi connectivity index (χ1v) is 9.13. The molecule has 3 heterocycles. The molecule has 4 rings (SSSR count). The first-order valence-electron chi connectivity index (χ1n) is 7.95. The number of carbonyl (C=O) groups excluding carboxylic acids is 1. The van der Waals surface area contributed by atoms with Crippen molar-refractivity contribution in [2.75, 3.05) is 0 Å². The number of pyridine rings is 2. The van der Waals surface area contributed by atoms with E-state index in [-0.39, 0.29) is 0 Å². The van der Waals surface area contributed by atoms with Gasteiger partial charge in [-0.25, -0.2) is 9.97 Å². The van der Waals surface area contributed by atoms with Crippen LogP contribution in [0.25, 0.3) is 33.8 Å². The minimum absolute atomic E-state index is 0.314. The fraction of sp³-hybridized carbons (Fsp3) is 0.0526. The number of aromatic nitrogens is 4. The maximum Gasteiger partial charge on any atom is 0.308 e. The molecule has 0 radical (unpaired) electrons. The van der Waals surface area contributed by atoms with Gasteiger partial charge in [0.15, 0.2) is 11.4 Å². The molecule has 8 heteroatoms. The van der Waals surface area contributed by atoms with E-state index >= 15 is 0 Å². The molecule has 0 aliphatic heterocycles. The van der Waals surface area contributed by atoms with Crippen LogP contribution in [0.3, 0.4) is 0 Å². The lowest BCUT2D eigenvalue weighted by Gasteiger charge is -2.07. The van der Waals surface area contributed by atoms with Crippen molar-refractivity contribution in [2.24, 2.45) is 0 Å². The summed E-state index contributed by atoms with van der Waals surface area (Å²) in [4.78, 5) is 27.4. The van der Waals surface area contributed by atoms with Gasteiger partial charge in [-0.3, -0.25) is 9.78 Å². The molecule has 27 heavy (non-hydrogen) atoms. The van der Waals surface area contributed by atoms with Gasteiger partial charge in [-0.15, -0.1) is 0 Å². The van der Waals surface area contributed by atoms with Gasteiger partial charge in [-0.1, -0.05) is 35.9 Å². The van der Waals surface area contributed by atoms with E-state index in [1.54, 1.807) is 12.3 Å². The molecule has 0 aliphatic carbocycles. The van der Waals surface area contributed by atoms with Crippen LogP contribution in [0.4, 0.5) is 0 Å². The molecule has 0 atom stereocenters. The van der Waals surface area contributed by atoms with Crippen LogP contribution >= 0.6 is 27.5 Å². The van der Waals surface area contributed by atoms with Crippen molar-refractivity contribution in [1.82, 2.24) is 19.9 Å². The summed E-state index contributed by atoms with van der Waals surface area (Å²) >= 11 is 9.69. The highest BCUT2D eigenvalue weighted by atomic mass is 79.9. The third kappa shape index (κ3) is 3.70. The zero-order valence-electron chi connectivity index (χ0n) is 14.0. The number of halogens is 2. The molecule has 0 aliphatic rings. The van der Waals surface area contributed by atoms with E-state index in [1.807, 2.05) is 30.3 Å². The Labute approximate surface area is 167 Å². The minimum Gasteiger partial charge on any atom is -0.425 e. The summed E-state index contributed by atoms with van der Waals surface area (Å²) in [6.45, 7) is 1.33. The number of imidazole rings is 1. The number of H-pyrrole nitrogens is 1. The number of hydrogen-bond acceptors (Lipinski definition) is 5. The first kappa shape index (κ1) is 17.6. The lowest BCUT2D eigenvalue weighted by Crippen LogP contribution is -2.01. The highest BCUT2D eigenvalue weighted by molar-refractivity contribution is 9.10. The van der Waals surface area contributed by atoms with Gasteiger partial charge in [0, 0.05) is 34.8 Å². The summed E-state index contributed by atoms with van der Waals surface area (Å²) in [7, 11) is 0. The number of benzene rings is 1. The molecule has 0 saturated heterocycles. The van der Waals surface area contributed by atoms with Gasteiger partial charge in [0.25, 0.3) is 0 Å². The maximum atomic E-state index is 11.0. The molecule has 1 aromatic carbocycles. The zero-order chi connectivity index (χ0) is 19.0. The molecule has 134 valence electrons. The van der Waals surface area contributed by atoms with Crippen LogP contribution in [0.2, 0.25) is 5.02 Å². The van der Waals surface area contributed by atoms with Gasteiger partial charge >= 0.3 is 5.97 Å². The predicted molar refractivity (Wildman–Crippen MR) is 107 cm³/mol. The molecule has 1 N–H and O–H groups in total. The number of nitrogens with zero attached hydrogens (tertiary/aromatic N) is 3. The fourth-order valence-corrected chi connectivity index (χ4v) is 3.25. The number of ether oxygens (including phenoxy) is 1. The maximum absolute atomic E-state index is 11.0. The van der Waals surface area contributed by atoms with E-state index in [0.717, 1.165) is 26.9 Å². The van der Waals surface area contributed by atoms with Crippen molar-refractivity contribution in [3.05, 3.63) is 58.3 Å². The van der Waals surface area contributed by atoms with Crippen LogP contribution in [-0.4, -0.2) is 25.9 Å². The fourth-order valence-electron chi connectivity index (χ4n) is 2.65. The average Bonchev–Trinajstić information content (AvgIpc) is 3.04. The minimum atomic E-state index is -0.419. The Morgan fingerprint density at radius 3 is 2.56 bits per heavy atom. The van der Waals surface area contributed by atoms with Crippen molar-refractivity contribution in [1.29, 1.82) is 0 Å². The van der Waals surface area contributed by atoms with Crippen molar-refractivity contribution in [3.8, 4) is 28.4 Å². The van der Waals surface area contributed by atoms with E-state index in [1.165, 1.54) is 13.1 Å². The van der Waals surface area contributed by atoms with E-state index in [2.05, 4.69) is 35.9 Å². The summed E-state index contributed by atoms with van der Waals surface area (Å²) in [5, 5.41) is 0.402. The molecule has 0 spiro atoms. The molecule has 0 bridgehead atoms. The second-order valence-corrected chi connectivity index (χ2v) is 7.11. The standard InChI is InChI=1S/C19H12BrClN4O2/c1-10(26)27-14-7-15(21)17(22-9-14)11-2-4-12(5-3-11)18-24-16-6-13(20)8-23-19(16)25-18/h2-9H,1H3,(H,23,24,25). The number of hydrogen-bond donors (Lipinski definition) is 1. The largest absolute Gasteiger partial charge is 0.425 e. The first-order chi connectivity index (χ1) is 13.0. The number of fused-ring (bicyclic) bond motifs is 1. The topological polar surface area (TPSA) is 80.8 Å². The molecule has 0 fully saturated rings. The number of aromatic amines is 1. The van der Waals surface area contributed by atoms with E-state index < -0.39 is 5.97 Å². The lowest BCUT2D eigenvalue weighted by atomic mass is 10.1. The Morgan fingerprint density at radius 2 is 1.85 bits per heavy atom. The van der Waals surface area contributed by atoms with Gasteiger partial charge in [-0.2, -0.15) is 0 Å². The second kappa shape index (κ2) is 7.09. The van der Waals surface area contributed by atoms with Crippen molar-refractivity contribution in [3.63, 3.8) is 0 Å². The average molecular weight is 444 g/mol. The number of carbonyl (C=O) groups is 1. The van der Waals surface area contributed by atoms with Crippen molar-refractivity contribution < 1.29 is 9.53 Å². The zero-order valence-corrected chi connectivity index (χ0v) is 16.4. The van der Waals surface area contributed by atoms with Crippen LogP contribution in [0.1, 0.15) is 6.92 Å². The van der Waals surface area contributed by atoms with Crippen LogP contribution in [0, 0.1) is 0 Å². The Morgan fingerprint density at radius 1 is 1.11 bits per heavy atom. The van der Waals surface area contributed by atoms with Crippen LogP contribution in [-0.2, 0) is 4.79 Å². The molecule has 4 aromatic rings. The van der Waals surface area contributed by atoms with Gasteiger partial charge in [0.2, 0.25) is 0 Å². The summed E-state index contributed by atoms with van der Waals surface area (Å²) in [5.74, 6) is 0.623. The Balaban J connectivity index is 1.64. The second-order valence-electron chi connectivity index (χ2n) is 5.78. The monoisotopic (exact) mass is 442 g/mol. The third-order valence-electron chi connectivity index (χ3n) is 3.81. The quantitative estimate of drug-likeness (QED) is 0.449. The summed E-state index contributed by atoms with van der Waals surface area (Å²) in [5.41, 5.74) is 3.88. The molecular weight excluding hydrogens is 432 g/mol. The molecule has 6 nitrogen and oxygen atoms in total. The van der Waals surface area contributed by atoms with Gasteiger partial charge < -0.3 is 9.72 Å². The number of nitrogens with one attached hydrogen (secondary N) is 1. The summed E-state index contributed by atoms with van der Waals surface area (Å²) < 4.78 is 5.88. The molecule has 0 saturated carbocycles. The number of esters is 1. The molecule has 0 amide bonds. The van der Waals surface area contributed by atoms with Crippen molar-refractivity contribution in [2.45, 2.75) is 6.92 Å². The molecular formula is C19H12BrClN4O2. The van der Waals surface area contributed by atoms with Crippen LogP contribution in [0.5, 0.6) is 5.75 Å². The van der Waals surface area contributed by atoms with E-state index in [4.69, 9.17) is 16.3 Å². The number of rotatable bonds is 3. The van der Waals surface area contributed by atoms with Gasteiger partial charge in [0.1, 0.15) is 5.82 Å². The van der Waals surface area contributed by atoms with Gasteiger partial charge in [-0.05, 0) is 22.0 Å². The highest BCUT2D eigenvalue weighted by Crippen LogP contribution is 2.30. The Bertz CT molecular complexity index is 1160. The Kier molecular flexibility index (Phi) is 4.63. The smallest absolute Gasteiger partial charge is 0.308 e. The normalized spacial score (nSPS) is 10.9. The summed E-state index contributed by atoms with van der Waals surface area (Å²) in [6.07, 6.45) is 3.18. The lowest BCUT2D eigenvalue weighted by molar-refractivity contribution is -0.131. The predicted octanol–water partition coefficient (Wildman–Crippen LogP) is 5.03. The van der Waals surface area contributed by atoms with Gasteiger partial charge in [0.05, 0.1) is 22.4 Å². The molecule has 0 unspecified atom stereocenters.